The number of rotatable bonds is 9. The second kappa shape index (κ2) is 11.1. The van der Waals surface area contributed by atoms with Gasteiger partial charge in [0.15, 0.2) is 8.32 Å². The molecule has 0 radical (unpaired) electrons. The minimum absolute atomic E-state index is 0.226. The summed E-state index contributed by atoms with van der Waals surface area (Å²) in [5.74, 6) is 0.686. The Morgan fingerprint density at radius 3 is 2.43 bits per heavy atom. The molecule has 1 saturated carbocycles. The molecule has 0 amide bonds. The predicted molar refractivity (Wildman–Crippen MR) is 156 cm³/mol. The fourth-order valence-electron chi connectivity index (χ4n) is 5.11. The normalized spacial score (nSPS) is 19.6. The molecule has 4 rings (SSSR count). The maximum atomic E-state index is 11.2. The van der Waals surface area contributed by atoms with Crippen molar-refractivity contribution in [1.29, 1.82) is 0 Å². The molecular weight excluding hydrogens is 476 g/mol. The number of aromatic nitrogens is 3. The van der Waals surface area contributed by atoms with Gasteiger partial charge in [-0.15, -0.1) is 0 Å². The van der Waals surface area contributed by atoms with Gasteiger partial charge in [-0.2, -0.15) is 4.98 Å². The Kier molecular flexibility index (Phi) is 8.24. The van der Waals surface area contributed by atoms with E-state index in [0.717, 1.165) is 67.0 Å². The molecule has 1 aromatic carbocycles. The zero-order valence-corrected chi connectivity index (χ0v) is 24.7. The van der Waals surface area contributed by atoms with Gasteiger partial charge in [-0.25, -0.2) is 4.98 Å². The van der Waals surface area contributed by atoms with Gasteiger partial charge in [0, 0.05) is 47.1 Å². The Bertz CT molecular complexity index is 1200. The summed E-state index contributed by atoms with van der Waals surface area (Å²) in [5, 5.41) is 4.76. The molecule has 6 nitrogen and oxygen atoms in total. The minimum atomic E-state index is -1.78. The van der Waals surface area contributed by atoms with Crippen molar-refractivity contribution < 1.29 is 9.22 Å². The monoisotopic (exact) mass is 520 g/mol. The molecule has 1 fully saturated rings. The van der Waals surface area contributed by atoms with Crippen molar-refractivity contribution in [3.8, 4) is 11.1 Å². The maximum absolute atomic E-state index is 11.2. The first-order valence-electron chi connectivity index (χ1n) is 13.9. The Balaban J connectivity index is 1.63. The van der Waals surface area contributed by atoms with Crippen LogP contribution >= 0.6 is 0 Å². The lowest BCUT2D eigenvalue weighted by molar-refractivity contribution is 0.112. The van der Waals surface area contributed by atoms with Crippen LogP contribution in [0.15, 0.2) is 36.7 Å². The van der Waals surface area contributed by atoms with E-state index in [4.69, 9.17) is 9.41 Å². The van der Waals surface area contributed by atoms with Crippen LogP contribution in [0, 0.1) is 0 Å². The second-order valence-electron chi connectivity index (χ2n) is 12.3. The number of carbonyl (C=O) groups is 1. The summed E-state index contributed by atoms with van der Waals surface area (Å²) in [6.45, 7) is 16.0. The highest BCUT2D eigenvalue weighted by Gasteiger charge is 2.40. The third kappa shape index (κ3) is 6.15. The second-order valence-corrected chi connectivity index (χ2v) is 17.0. The van der Waals surface area contributed by atoms with Crippen molar-refractivity contribution in [2.75, 3.05) is 5.32 Å². The van der Waals surface area contributed by atoms with Crippen LogP contribution < -0.4 is 5.32 Å². The topological polar surface area (TPSA) is 69.0 Å². The van der Waals surface area contributed by atoms with Crippen molar-refractivity contribution in [3.05, 3.63) is 42.2 Å². The highest BCUT2D eigenvalue weighted by molar-refractivity contribution is 6.74. The van der Waals surface area contributed by atoms with E-state index in [1.807, 2.05) is 30.5 Å². The van der Waals surface area contributed by atoms with Crippen molar-refractivity contribution in [2.24, 2.45) is 0 Å². The lowest BCUT2D eigenvalue weighted by atomic mass is 9.93. The van der Waals surface area contributed by atoms with E-state index in [1.165, 1.54) is 0 Å². The van der Waals surface area contributed by atoms with Crippen molar-refractivity contribution >= 4 is 31.6 Å². The molecule has 1 N–H and O–H groups in total. The van der Waals surface area contributed by atoms with Crippen LogP contribution in [0.5, 0.6) is 0 Å². The molecule has 7 heteroatoms. The molecule has 1 aliphatic rings. The van der Waals surface area contributed by atoms with Crippen LogP contribution in [0.3, 0.4) is 0 Å². The molecule has 2 aromatic heterocycles. The summed E-state index contributed by atoms with van der Waals surface area (Å²) in [7, 11) is -1.78. The number of nitrogens with one attached hydrogen (secondary N) is 1. The number of hydrogen-bond donors (Lipinski definition) is 1. The molecule has 1 atom stereocenters. The predicted octanol–water partition coefficient (Wildman–Crippen LogP) is 8.02. The summed E-state index contributed by atoms with van der Waals surface area (Å²) in [6.07, 6.45) is 11.9. The average molecular weight is 521 g/mol. The molecule has 37 heavy (non-hydrogen) atoms. The van der Waals surface area contributed by atoms with E-state index in [1.54, 1.807) is 0 Å². The Hall–Kier alpha value is -2.51. The lowest BCUT2D eigenvalue weighted by Gasteiger charge is -2.41. The van der Waals surface area contributed by atoms with E-state index < -0.39 is 8.32 Å². The van der Waals surface area contributed by atoms with Crippen LogP contribution in [0.4, 0.5) is 5.95 Å². The highest BCUT2D eigenvalue weighted by atomic mass is 28.4. The Labute approximate surface area is 223 Å². The number of fused-ring (bicyclic) bond motifs is 1. The molecule has 2 heterocycles. The van der Waals surface area contributed by atoms with E-state index in [2.05, 4.69) is 68.8 Å². The number of benzene rings is 1. The van der Waals surface area contributed by atoms with E-state index in [-0.39, 0.29) is 5.04 Å². The number of hydrogen-bond acceptors (Lipinski definition) is 5. The highest BCUT2D eigenvalue weighted by Crippen LogP contribution is 2.41. The van der Waals surface area contributed by atoms with Gasteiger partial charge in [-0.3, -0.25) is 4.79 Å². The Morgan fingerprint density at radius 1 is 1.16 bits per heavy atom. The van der Waals surface area contributed by atoms with Gasteiger partial charge in [0.2, 0.25) is 5.95 Å². The summed E-state index contributed by atoms with van der Waals surface area (Å²) < 4.78 is 9.14. The first-order chi connectivity index (χ1) is 17.5. The fourth-order valence-corrected chi connectivity index (χ4v) is 6.53. The number of nitrogens with zero attached hydrogens (tertiary/aromatic N) is 3. The summed E-state index contributed by atoms with van der Waals surface area (Å²) in [4.78, 5) is 20.9. The van der Waals surface area contributed by atoms with Gasteiger partial charge in [0.05, 0.1) is 0 Å². The first kappa shape index (κ1) is 27.5. The third-order valence-electron chi connectivity index (χ3n) is 8.33. The minimum Gasteiger partial charge on any atom is -0.414 e. The molecular formula is C30H44N4O2Si. The maximum Gasteiger partial charge on any atom is 0.224 e. The molecule has 200 valence electrons. The molecule has 0 saturated heterocycles. The van der Waals surface area contributed by atoms with Crippen molar-refractivity contribution in [3.63, 3.8) is 0 Å². The van der Waals surface area contributed by atoms with Crippen LogP contribution in [0.1, 0.15) is 89.5 Å². The van der Waals surface area contributed by atoms with Gasteiger partial charge in [-0.05, 0) is 62.7 Å². The van der Waals surface area contributed by atoms with Gasteiger partial charge >= 0.3 is 0 Å². The molecule has 0 spiro atoms. The van der Waals surface area contributed by atoms with Gasteiger partial charge in [0.25, 0.3) is 0 Å². The largest absolute Gasteiger partial charge is 0.414 e. The molecule has 0 aliphatic heterocycles. The number of anilines is 1. The summed E-state index contributed by atoms with van der Waals surface area (Å²) >= 11 is 0. The van der Waals surface area contributed by atoms with Crippen molar-refractivity contribution in [1.82, 2.24) is 14.5 Å². The smallest absolute Gasteiger partial charge is 0.224 e. The zero-order chi connectivity index (χ0) is 26.8. The zero-order valence-electron chi connectivity index (χ0n) is 23.7. The molecule has 1 aliphatic carbocycles. The molecule has 1 unspecified atom stereocenters. The SMILES string of the molecule is CCCC(C)Nc1ncc2c(-c3ccc(C=O)cc3)cn([C@H]3CC[C@H](O[Si](C)(C)C(C)(C)C)CC3)c2n1. The summed E-state index contributed by atoms with van der Waals surface area (Å²) in [5.41, 5.74) is 3.85. The van der Waals surface area contributed by atoms with E-state index >= 15 is 0 Å². The fraction of sp³-hybridized carbons (Fsp3) is 0.567. The van der Waals surface area contributed by atoms with Gasteiger partial charge in [-0.1, -0.05) is 58.4 Å². The van der Waals surface area contributed by atoms with Crippen molar-refractivity contribution in [2.45, 2.75) is 109 Å². The Morgan fingerprint density at radius 2 is 1.84 bits per heavy atom. The van der Waals surface area contributed by atoms with Crippen LogP contribution in [-0.2, 0) is 4.43 Å². The van der Waals surface area contributed by atoms with Crippen LogP contribution in [0.2, 0.25) is 18.1 Å². The molecule has 0 bridgehead atoms. The van der Waals surface area contributed by atoms with E-state index in [0.29, 0.717) is 29.7 Å². The van der Waals surface area contributed by atoms with Crippen LogP contribution in [-0.4, -0.2) is 41.3 Å². The quantitative estimate of drug-likeness (QED) is 0.228. The van der Waals surface area contributed by atoms with Gasteiger partial charge < -0.3 is 14.3 Å². The standard InChI is InChI=1S/C30H44N4O2Si/c1-8-9-21(2)32-29-31-18-26-27(23-12-10-22(20-35)11-13-23)19-34(28(26)33-29)24-14-16-25(17-15-24)36-37(6,7)30(3,4)5/h10-13,18-21,24-25H,8-9,14-17H2,1-7H3,(H,31,32,33)/t21?,24-,25-. The van der Waals surface area contributed by atoms with Crippen LogP contribution in [0.25, 0.3) is 22.2 Å². The number of carbonyl (C=O) groups excluding carboxylic acids is 1. The van der Waals surface area contributed by atoms with E-state index in [9.17, 15) is 4.79 Å². The van der Waals surface area contributed by atoms with Gasteiger partial charge in [0.1, 0.15) is 11.9 Å². The number of aldehydes is 1. The summed E-state index contributed by atoms with van der Waals surface area (Å²) in [6, 6.07) is 8.48. The lowest BCUT2D eigenvalue weighted by Crippen LogP contribution is -2.44. The average Bonchev–Trinajstić information content (AvgIpc) is 3.22. The molecule has 3 aromatic rings. The third-order valence-corrected chi connectivity index (χ3v) is 12.9. The first-order valence-corrected chi connectivity index (χ1v) is 16.8.